The second-order valence-corrected chi connectivity index (χ2v) is 7.99. The molecule has 0 unspecified atom stereocenters. The molecule has 0 atom stereocenters. The van der Waals surface area contributed by atoms with Crippen LogP contribution in [-0.4, -0.2) is 39.8 Å². The van der Waals surface area contributed by atoms with Gasteiger partial charge in [-0.2, -0.15) is 4.31 Å². The van der Waals surface area contributed by atoms with Crippen molar-refractivity contribution in [3.05, 3.63) is 64.6 Å². The Hall–Kier alpha value is -1.25. The summed E-state index contributed by atoms with van der Waals surface area (Å²) in [5.41, 5.74) is 0.878. The third-order valence-corrected chi connectivity index (χ3v) is 5.89. The highest BCUT2D eigenvalue weighted by molar-refractivity contribution is 9.10. The molecule has 0 N–H and O–H groups in total. The van der Waals surface area contributed by atoms with Crippen molar-refractivity contribution in [3.63, 3.8) is 0 Å². The molecule has 0 saturated carbocycles. The number of hydrogen-bond donors (Lipinski definition) is 0. The summed E-state index contributed by atoms with van der Waals surface area (Å²) in [5, 5.41) is 0. The molecule has 0 amide bonds. The van der Waals surface area contributed by atoms with E-state index < -0.39 is 16.3 Å². The smallest absolute Gasteiger partial charge is 0.243 e. The normalized spacial score (nSPS) is 12.0. The highest BCUT2D eigenvalue weighted by atomic mass is 79.9. The summed E-state index contributed by atoms with van der Waals surface area (Å²) in [6.07, 6.45) is -0.640. The molecule has 130 valence electrons. The molecule has 2 aromatic carbocycles. The lowest BCUT2D eigenvalue weighted by Crippen LogP contribution is -2.38. The summed E-state index contributed by atoms with van der Waals surface area (Å²) < 4.78 is 38.6. The average molecular weight is 414 g/mol. The van der Waals surface area contributed by atoms with Crippen LogP contribution in [-0.2, 0) is 26.0 Å². The standard InChI is InChI=1S/C17H20BrNO4S/c1-22-17(23-2)13-19(12-14-8-10-15(18)11-9-14)24(20,21)16-6-4-3-5-7-16/h3-11,17H,12-13H2,1-2H3. The summed E-state index contributed by atoms with van der Waals surface area (Å²) in [7, 11) is -0.689. The van der Waals surface area contributed by atoms with E-state index in [1.54, 1.807) is 30.3 Å². The zero-order chi connectivity index (χ0) is 17.6. The topological polar surface area (TPSA) is 55.8 Å². The fourth-order valence-electron chi connectivity index (χ4n) is 2.19. The van der Waals surface area contributed by atoms with Crippen LogP contribution in [0.3, 0.4) is 0 Å². The van der Waals surface area contributed by atoms with Crippen LogP contribution < -0.4 is 0 Å². The highest BCUT2D eigenvalue weighted by Crippen LogP contribution is 2.20. The Morgan fingerprint density at radius 1 is 1.00 bits per heavy atom. The molecule has 0 fully saturated rings. The molecule has 0 radical (unpaired) electrons. The summed E-state index contributed by atoms with van der Waals surface area (Å²) in [5.74, 6) is 0. The van der Waals surface area contributed by atoms with Crippen molar-refractivity contribution < 1.29 is 17.9 Å². The predicted octanol–water partition coefficient (Wildman–Crippen LogP) is 3.26. The van der Waals surface area contributed by atoms with Crippen molar-refractivity contribution in [1.29, 1.82) is 0 Å². The molecule has 5 nitrogen and oxygen atoms in total. The van der Waals surface area contributed by atoms with Gasteiger partial charge in [-0.3, -0.25) is 0 Å². The van der Waals surface area contributed by atoms with E-state index in [-0.39, 0.29) is 18.0 Å². The first kappa shape index (κ1) is 19.1. The quantitative estimate of drug-likeness (QED) is 0.623. The van der Waals surface area contributed by atoms with E-state index in [1.807, 2.05) is 24.3 Å². The maximum atomic E-state index is 13.0. The maximum absolute atomic E-state index is 13.0. The third-order valence-electron chi connectivity index (χ3n) is 3.53. The summed E-state index contributed by atoms with van der Waals surface area (Å²) in [6.45, 7) is 0.327. The second kappa shape index (κ2) is 8.73. The fourth-order valence-corrected chi connectivity index (χ4v) is 3.89. The predicted molar refractivity (Wildman–Crippen MR) is 96.0 cm³/mol. The zero-order valence-electron chi connectivity index (χ0n) is 13.6. The van der Waals surface area contributed by atoms with Gasteiger partial charge in [0.2, 0.25) is 10.0 Å². The molecule has 2 rings (SSSR count). The zero-order valence-corrected chi connectivity index (χ0v) is 16.0. The molecular weight excluding hydrogens is 394 g/mol. The van der Waals surface area contributed by atoms with Crippen LogP contribution in [0.2, 0.25) is 0 Å². The Morgan fingerprint density at radius 3 is 2.12 bits per heavy atom. The van der Waals surface area contributed by atoms with E-state index in [4.69, 9.17) is 9.47 Å². The Labute approximate surface area is 151 Å². The van der Waals surface area contributed by atoms with Crippen LogP contribution >= 0.6 is 15.9 Å². The van der Waals surface area contributed by atoms with Gasteiger partial charge >= 0.3 is 0 Å². The Kier molecular flexibility index (Phi) is 6.94. The molecular formula is C17H20BrNO4S. The highest BCUT2D eigenvalue weighted by Gasteiger charge is 2.27. The van der Waals surface area contributed by atoms with Gasteiger partial charge in [-0.15, -0.1) is 0 Å². The SMILES string of the molecule is COC(CN(Cc1ccc(Br)cc1)S(=O)(=O)c1ccccc1)OC. The van der Waals surface area contributed by atoms with Crippen LogP contribution in [0.1, 0.15) is 5.56 Å². The lowest BCUT2D eigenvalue weighted by molar-refractivity contribution is -0.108. The van der Waals surface area contributed by atoms with E-state index in [2.05, 4.69) is 15.9 Å². The monoisotopic (exact) mass is 413 g/mol. The van der Waals surface area contributed by atoms with Gasteiger partial charge < -0.3 is 9.47 Å². The number of halogens is 1. The minimum absolute atomic E-state index is 0.0975. The minimum Gasteiger partial charge on any atom is -0.354 e. The number of methoxy groups -OCH3 is 2. The molecule has 0 aromatic heterocycles. The van der Waals surface area contributed by atoms with Crippen LogP contribution in [0.15, 0.2) is 64.0 Å². The van der Waals surface area contributed by atoms with Gasteiger partial charge in [0.25, 0.3) is 0 Å². The lowest BCUT2D eigenvalue weighted by atomic mass is 10.2. The van der Waals surface area contributed by atoms with Crippen molar-refractivity contribution in [3.8, 4) is 0 Å². The largest absolute Gasteiger partial charge is 0.354 e. The first-order chi connectivity index (χ1) is 11.5. The van der Waals surface area contributed by atoms with Gasteiger partial charge in [-0.05, 0) is 29.8 Å². The van der Waals surface area contributed by atoms with Crippen molar-refractivity contribution in [2.75, 3.05) is 20.8 Å². The number of nitrogens with zero attached hydrogens (tertiary/aromatic N) is 1. The van der Waals surface area contributed by atoms with E-state index in [0.29, 0.717) is 0 Å². The van der Waals surface area contributed by atoms with Crippen molar-refractivity contribution >= 4 is 26.0 Å². The van der Waals surface area contributed by atoms with Gasteiger partial charge in [0.1, 0.15) is 0 Å². The van der Waals surface area contributed by atoms with E-state index >= 15 is 0 Å². The van der Waals surface area contributed by atoms with Crippen molar-refractivity contribution in [1.82, 2.24) is 4.31 Å². The van der Waals surface area contributed by atoms with Gasteiger partial charge in [0, 0.05) is 25.2 Å². The number of ether oxygens (including phenoxy) is 2. The molecule has 0 aliphatic heterocycles. The number of rotatable bonds is 8. The van der Waals surface area contributed by atoms with Crippen molar-refractivity contribution in [2.45, 2.75) is 17.7 Å². The number of sulfonamides is 1. The lowest BCUT2D eigenvalue weighted by Gasteiger charge is -2.25. The molecule has 0 aliphatic rings. The maximum Gasteiger partial charge on any atom is 0.243 e. The third kappa shape index (κ3) is 4.87. The molecule has 0 heterocycles. The summed E-state index contributed by atoms with van der Waals surface area (Å²) in [6, 6.07) is 15.9. The molecule has 0 bridgehead atoms. The molecule has 0 saturated heterocycles. The molecule has 0 aliphatic carbocycles. The van der Waals surface area contributed by atoms with Crippen LogP contribution in [0.5, 0.6) is 0 Å². The van der Waals surface area contributed by atoms with E-state index in [1.165, 1.54) is 18.5 Å². The van der Waals surface area contributed by atoms with Gasteiger partial charge in [0.05, 0.1) is 11.4 Å². The Bertz CT molecular complexity index is 731. The van der Waals surface area contributed by atoms with E-state index in [0.717, 1.165) is 10.0 Å². The minimum atomic E-state index is -3.66. The molecule has 0 spiro atoms. The first-order valence-electron chi connectivity index (χ1n) is 7.32. The molecule has 7 heteroatoms. The van der Waals surface area contributed by atoms with Gasteiger partial charge in [-0.25, -0.2) is 8.42 Å². The summed E-state index contributed by atoms with van der Waals surface area (Å²) in [4.78, 5) is 0.244. The van der Waals surface area contributed by atoms with E-state index in [9.17, 15) is 8.42 Å². The van der Waals surface area contributed by atoms with Crippen molar-refractivity contribution in [2.24, 2.45) is 0 Å². The average Bonchev–Trinajstić information content (AvgIpc) is 2.61. The van der Waals surface area contributed by atoms with Crippen LogP contribution in [0.25, 0.3) is 0 Å². The van der Waals surface area contributed by atoms with Crippen LogP contribution in [0, 0.1) is 0 Å². The number of hydrogen-bond acceptors (Lipinski definition) is 4. The molecule has 2 aromatic rings. The fraction of sp³-hybridized carbons (Fsp3) is 0.294. The first-order valence-corrected chi connectivity index (χ1v) is 9.56. The molecule has 24 heavy (non-hydrogen) atoms. The Balaban J connectivity index is 2.33. The Morgan fingerprint density at radius 2 is 1.58 bits per heavy atom. The number of benzene rings is 2. The van der Waals surface area contributed by atoms with Gasteiger partial charge in [0.15, 0.2) is 6.29 Å². The van der Waals surface area contributed by atoms with Crippen LogP contribution in [0.4, 0.5) is 0 Å². The second-order valence-electron chi connectivity index (χ2n) is 5.14. The summed E-state index contributed by atoms with van der Waals surface area (Å²) >= 11 is 3.38. The van der Waals surface area contributed by atoms with Gasteiger partial charge in [-0.1, -0.05) is 46.3 Å².